The quantitative estimate of drug-likeness (QED) is 0.388. The molecule has 8 heavy (non-hydrogen) atoms. The predicted octanol–water partition coefficient (Wildman–Crippen LogP) is 1.55. The van der Waals surface area contributed by atoms with Gasteiger partial charge in [0.05, 0.1) is 0 Å². The van der Waals surface area contributed by atoms with Crippen molar-refractivity contribution in [3.63, 3.8) is 0 Å². The van der Waals surface area contributed by atoms with Crippen LogP contribution in [-0.2, 0) is 0 Å². The summed E-state index contributed by atoms with van der Waals surface area (Å²) in [6, 6.07) is 0. The molecule has 2 nitrogen and oxygen atoms in total. The average molecular weight is 128 g/mol. The molecule has 0 N–H and O–H groups in total. The Morgan fingerprint density at radius 1 is 1.75 bits per heavy atom. The normalized spacial score (nSPS) is 10.9. The van der Waals surface area contributed by atoms with Gasteiger partial charge in [0.25, 0.3) is 0 Å². The fourth-order valence-corrected chi connectivity index (χ4v) is 0.545. The highest BCUT2D eigenvalue weighted by Crippen LogP contribution is 1.97. The number of thioether (sulfide) groups is 1. The summed E-state index contributed by atoms with van der Waals surface area (Å²) in [6.07, 6.45) is 3.33. The van der Waals surface area contributed by atoms with Crippen LogP contribution in [0.3, 0.4) is 0 Å². The van der Waals surface area contributed by atoms with E-state index in [2.05, 4.69) is 23.3 Å². The van der Waals surface area contributed by atoms with Gasteiger partial charge in [-0.3, -0.25) is 0 Å². The topological polar surface area (TPSA) is 24.7 Å². The molecule has 0 saturated heterocycles. The largest absolute Gasteiger partial charge is 0.239 e. The molecule has 0 bridgehead atoms. The Hall–Kier alpha value is -0.570. The first-order chi connectivity index (χ1) is 3.85. The molecular formula is C5H8N2S. The Balaban J connectivity index is 3.84. The van der Waals surface area contributed by atoms with Crippen molar-refractivity contribution in [2.75, 3.05) is 6.26 Å². The summed E-state index contributed by atoms with van der Waals surface area (Å²) < 4.78 is 0. The first-order valence-corrected chi connectivity index (χ1v) is 3.27. The van der Waals surface area contributed by atoms with Gasteiger partial charge in [0, 0.05) is 6.20 Å². The SMILES string of the molecule is C=CN=C(N=C)SC. The summed E-state index contributed by atoms with van der Waals surface area (Å²) in [4.78, 5) is 7.36. The van der Waals surface area contributed by atoms with Crippen molar-refractivity contribution in [2.24, 2.45) is 9.98 Å². The van der Waals surface area contributed by atoms with E-state index in [0.29, 0.717) is 5.17 Å². The number of hydrogen-bond acceptors (Lipinski definition) is 2. The summed E-state index contributed by atoms with van der Waals surface area (Å²) in [5.41, 5.74) is 0. The van der Waals surface area contributed by atoms with Gasteiger partial charge in [0.15, 0.2) is 5.17 Å². The van der Waals surface area contributed by atoms with Crippen molar-refractivity contribution >= 4 is 23.6 Å². The lowest BCUT2D eigenvalue weighted by Gasteiger charge is -1.86. The van der Waals surface area contributed by atoms with Gasteiger partial charge in [-0.25, -0.2) is 9.98 Å². The summed E-state index contributed by atoms with van der Waals surface area (Å²) >= 11 is 1.44. The van der Waals surface area contributed by atoms with Crippen LogP contribution in [0.25, 0.3) is 0 Å². The molecule has 3 heteroatoms. The summed E-state index contributed by atoms with van der Waals surface area (Å²) in [6.45, 7) is 6.71. The number of amidine groups is 1. The van der Waals surface area contributed by atoms with Crippen molar-refractivity contribution in [3.05, 3.63) is 12.8 Å². The molecule has 0 amide bonds. The second kappa shape index (κ2) is 4.59. The van der Waals surface area contributed by atoms with Crippen LogP contribution in [0.1, 0.15) is 0 Å². The highest BCUT2D eigenvalue weighted by molar-refractivity contribution is 8.13. The zero-order valence-electron chi connectivity index (χ0n) is 4.79. The van der Waals surface area contributed by atoms with E-state index < -0.39 is 0 Å². The van der Waals surface area contributed by atoms with Crippen molar-refractivity contribution in [1.29, 1.82) is 0 Å². The van der Waals surface area contributed by atoms with Gasteiger partial charge in [0.1, 0.15) is 0 Å². The van der Waals surface area contributed by atoms with Crippen molar-refractivity contribution in [1.82, 2.24) is 0 Å². The maximum atomic E-state index is 3.78. The molecule has 0 heterocycles. The van der Waals surface area contributed by atoms with Crippen molar-refractivity contribution < 1.29 is 0 Å². The van der Waals surface area contributed by atoms with Crippen LogP contribution >= 0.6 is 11.8 Å². The van der Waals surface area contributed by atoms with Crippen LogP contribution in [0, 0.1) is 0 Å². The van der Waals surface area contributed by atoms with E-state index in [4.69, 9.17) is 0 Å². The number of nitrogens with zero attached hydrogens (tertiary/aromatic N) is 2. The fourth-order valence-electron chi connectivity index (χ4n) is 0.236. The molecule has 44 valence electrons. The van der Waals surface area contributed by atoms with E-state index in [1.807, 2.05) is 6.26 Å². The Kier molecular flexibility index (Phi) is 4.26. The summed E-state index contributed by atoms with van der Waals surface area (Å²) in [5.74, 6) is 0. The molecule has 0 aliphatic heterocycles. The van der Waals surface area contributed by atoms with Gasteiger partial charge in [-0.2, -0.15) is 0 Å². The Morgan fingerprint density at radius 3 is 2.50 bits per heavy atom. The van der Waals surface area contributed by atoms with E-state index >= 15 is 0 Å². The third-order valence-corrected chi connectivity index (χ3v) is 1.12. The molecular weight excluding hydrogens is 120 g/mol. The lowest BCUT2D eigenvalue weighted by Crippen LogP contribution is -1.79. The molecule has 0 radical (unpaired) electrons. The number of aliphatic imine (C=N–C) groups is 2. The van der Waals surface area contributed by atoms with Gasteiger partial charge in [0.2, 0.25) is 0 Å². The first-order valence-electron chi connectivity index (χ1n) is 2.04. The van der Waals surface area contributed by atoms with Gasteiger partial charge in [-0.15, -0.1) is 0 Å². The number of hydrogen-bond donors (Lipinski definition) is 0. The van der Waals surface area contributed by atoms with E-state index in [1.54, 1.807) is 0 Å². The fraction of sp³-hybridized carbons (Fsp3) is 0.200. The van der Waals surface area contributed by atoms with E-state index in [-0.39, 0.29) is 0 Å². The molecule has 0 rings (SSSR count). The molecule has 0 unspecified atom stereocenters. The maximum Gasteiger partial charge on any atom is 0.186 e. The van der Waals surface area contributed by atoms with Crippen molar-refractivity contribution in [2.45, 2.75) is 0 Å². The molecule has 0 atom stereocenters. The molecule has 0 saturated carbocycles. The van der Waals surface area contributed by atoms with Crippen LogP contribution in [0.2, 0.25) is 0 Å². The van der Waals surface area contributed by atoms with Crippen LogP contribution in [0.5, 0.6) is 0 Å². The van der Waals surface area contributed by atoms with Gasteiger partial charge in [-0.05, 0) is 13.0 Å². The zero-order valence-corrected chi connectivity index (χ0v) is 5.61. The monoisotopic (exact) mass is 128 g/mol. The van der Waals surface area contributed by atoms with Crippen molar-refractivity contribution in [3.8, 4) is 0 Å². The smallest absolute Gasteiger partial charge is 0.186 e. The average Bonchev–Trinajstić information content (AvgIpc) is 1.83. The Bertz CT molecular complexity index is 118. The van der Waals surface area contributed by atoms with Gasteiger partial charge >= 0.3 is 0 Å². The van der Waals surface area contributed by atoms with Crippen LogP contribution < -0.4 is 0 Å². The third kappa shape index (κ3) is 2.58. The predicted molar refractivity (Wildman–Crippen MR) is 40.7 cm³/mol. The lowest BCUT2D eigenvalue weighted by atomic mass is 11.0. The zero-order chi connectivity index (χ0) is 6.41. The van der Waals surface area contributed by atoms with Crippen LogP contribution in [0.4, 0.5) is 0 Å². The number of rotatable bonds is 1. The molecule has 0 aliphatic rings. The second-order valence-corrected chi connectivity index (χ2v) is 1.73. The maximum absolute atomic E-state index is 3.78. The molecule has 0 aromatic rings. The van der Waals surface area contributed by atoms with Crippen LogP contribution in [0.15, 0.2) is 22.8 Å². The van der Waals surface area contributed by atoms with Gasteiger partial charge in [-0.1, -0.05) is 18.3 Å². The first kappa shape index (κ1) is 7.43. The molecule has 0 fully saturated rings. The highest BCUT2D eigenvalue weighted by Gasteiger charge is 1.83. The third-order valence-electron chi connectivity index (χ3n) is 0.520. The standard InChI is InChI=1S/C5H8N2S/c1-4-7-5(6-2)8-3/h4H,1-2H2,3H3. The highest BCUT2D eigenvalue weighted by atomic mass is 32.2. The lowest BCUT2D eigenvalue weighted by molar-refractivity contribution is 1.57. The van der Waals surface area contributed by atoms with E-state index in [1.165, 1.54) is 18.0 Å². The minimum Gasteiger partial charge on any atom is -0.239 e. The Labute approximate surface area is 53.4 Å². The van der Waals surface area contributed by atoms with E-state index in [9.17, 15) is 0 Å². The van der Waals surface area contributed by atoms with Gasteiger partial charge < -0.3 is 0 Å². The molecule has 0 aromatic carbocycles. The molecule has 0 spiro atoms. The minimum absolute atomic E-state index is 0.653. The summed E-state index contributed by atoms with van der Waals surface area (Å²) in [5, 5.41) is 0.653. The second-order valence-electron chi connectivity index (χ2n) is 0.956. The Morgan fingerprint density at radius 2 is 2.38 bits per heavy atom. The van der Waals surface area contributed by atoms with Crippen LogP contribution in [-0.4, -0.2) is 18.1 Å². The minimum atomic E-state index is 0.653. The molecule has 0 aromatic heterocycles. The van der Waals surface area contributed by atoms with E-state index in [0.717, 1.165) is 0 Å². The summed E-state index contributed by atoms with van der Waals surface area (Å²) in [7, 11) is 0. The molecule has 0 aliphatic carbocycles.